The molecule has 3 N–H and O–H groups in total. The maximum Gasteiger partial charge on any atom is 0.262 e. The molecule has 1 unspecified atom stereocenters. The Morgan fingerprint density at radius 1 is 0.906 bits per heavy atom. The molecule has 1 atom stereocenters. The van der Waals surface area contributed by atoms with Crippen LogP contribution in [0.5, 0.6) is 0 Å². The molecule has 3 aliphatic heterocycles. The maximum absolute atomic E-state index is 13.0. The fraction of sp³-hybridized carbons (Fsp3) is 0.565. The summed E-state index contributed by atoms with van der Waals surface area (Å²) < 4.78 is 0. The lowest BCUT2D eigenvalue weighted by atomic mass is 10.0. The summed E-state index contributed by atoms with van der Waals surface area (Å²) in [5.41, 5.74) is 7.20. The molecule has 2 fully saturated rings. The van der Waals surface area contributed by atoms with Crippen LogP contribution in [0.25, 0.3) is 0 Å². The van der Waals surface area contributed by atoms with Gasteiger partial charge in [-0.2, -0.15) is 0 Å². The number of carbonyl (C=O) groups is 4. The van der Waals surface area contributed by atoms with Gasteiger partial charge in [-0.25, -0.2) is 0 Å². The molecule has 4 amide bonds. The number of piperidine rings is 1. The van der Waals surface area contributed by atoms with E-state index in [1.807, 2.05) is 6.07 Å². The summed E-state index contributed by atoms with van der Waals surface area (Å²) in [6.07, 6.45) is 3.73. The van der Waals surface area contributed by atoms with E-state index < -0.39 is 23.8 Å². The average Bonchev–Trinajstić information content (AvgIpc) is 3.02. The lowest BCUT2D eigenvalue weighted by Crippen LogP contribution is -2.54. The minimum atomic E-state index is -0.929. The van der Waals surface area contributed by atoms with Crippen molar-refractivity contribution >= 4 is 23.6 Å². The van der Waals surface area contributed by atoms with Crippen LogP contribution in [-0.2, 0) is 16.1 Å². The van der Waals surface area contributed by atoms with E-state index in [4.69, 9.17) is 5.73 Å². The third kappa shape index (κ3) is 4.74. The molecule has 0 radical (unpaired) electrons. The van der Waals surface area contributed by atoms with Gasteiger partial charge in [-0.1, -0.05) is 12.5 Å². The summed E-state index contributed by atoms with van der Waals surface area (Å²) >= 11 is 0. The van der Waals surface area contributed by atoms with Gasteiger partial charge in [0.05, 0.1) is 11.1 Å². The van der Waals surface area contributed by atoms with Crippen molar-refractivity contribution in [2.45, 2.75) is 44.7 Å². The SMILES string of the molecule is NCCCCCN1CCN(Cc2ccc3c(c2)C(=O)N(C2CCC(=O)NC2=O)C3=O)CC1. The Labute approximate surface area is 187 Å². The molecule has 2 saturated heterocycles. The van der Waals surface area contributed by atoms with Crippen molar-refractivity contribution < 1.29 is 19.2 Å². The van der Waals surface area contributed by atoms with Crippen LogP contribution in [0, 0.1) is 0 Å². The normalized spacial score (nSPS) is 22.4. The highest BCUT2D eigenvalue weighted by Crippen LogP contribution is 2.28. The van der Waals surface area contributed by atoms with Gasteiger partial charge in [-0.15, -0.1) is 0 Å². The number of imide groups is 2. The molecule has 3 heterocycles. The molecule has 9 nitrogen and oxygen atoms in total. The van der Waals surface area contributed by atoms with E-state index in [0.717, 1.165) is 56.2 Å². The maximum atomic E-state index is 13.0. The molecule has 0 spiro atoms. The monoisotopic (exact) mass is 441 g/mol. The topological polar surface area (TPSA) is 116 Å². The first-order valence-corrected chi connectivity index (χ1v) is 11.5. The molecule has 0 bridgehead atoms. The van der Waals surface area contributed by atoms with Crippen LogP contribution in [-0.4, -0.2) is 83.6 Å². The Bertz CT molecular complexity index is 910. The fourth-order valence-electron chi connectivity index (χ4n) is 4.70. The Hall–Kier alpha value is -2.62. The highest BCUT2D eigenvalue weighted by atomic mass is 16.2. The Kier molecular flexibility index (Phi) is 6.98. The first kappa shape index (κ1) is 22.6. The summed E-state index contributed by atoms with van der Waals surface area (Å²) in [5, 5.41) is 2.22. The van der Waals surface area contributed by atoms with Crippen LogP contribution in [0.15, 0.2) is 18.2 Å². The molecule has 32 heavy (non-hydrogen) atoms. The van der Waals surface area contributed by atoms with Gasteiger partial charge in [-0.3, -0.25) is 34.3 Å². The summed E-state index contributed by atoms with van der Waals surface area (Å²) in [6, 6.07) is 4.42. The average molecular weight is 442 g/mol. The van der Waals surface area contributed by atoms with Gasteiger partial charge in [0.2, 0.25) is 11.8 Å². The summed E-state index contributed by atoms with van der Waals surface area (Å²) in [6.45, 7) is 6.55. The van der Waals surface area contributed by atoms with Crippen molar-refractivity contribution in [2.24, 2.45) is 5.73 Å². The number of amides is 4. The molecule has 0 aromatic heterocycles. The highest BCUT2D eigenvalue weighted by Gasteiger charge is 2.44. The van der Waals surface area contributed by atoms with Crippen molar-refractivity contribution in [1.82, 2.24) is 20.0 Å². The number of carbonyl (C=O) groups excluding carboxylic acids is 4. The van der Waals surface area contributed by atoms with Crippen LogP contribution < -0.4 is 11.1 Å². The van der Waals surface area contributed by atoms with E-state index in [-0.39, 0.29) is 18.7 Å². The zero-order chi connectivity index (χ0) is 22.7. The zero-order valence-corrected chi connectivity index (χ0v) is 18.3. The number of piperazine rings is 1. The Morgan fingerprint density at radius 3 is 2.34 bits per heavy atom. The third-order valence-electron chi connectivity index (χ3n) is 6.55. The van der Waals surface area contributed by atoms with Crippen LogP contribution in [0.4, 0.5) is 0 Å². The van der Waals surface area contributed by atoms with Gasteiger partial charge in [0, 0.05) is 39.1 Å². The summed E-state index contributed by atoms with van der Waals surface area (Å²) in [4.78, 5) is 55.3. The number of nitrogens with one attached hydrogen (secondary N) is 1. The lowest BCUT2D eigenvalue weighted by Gasteiger charge is -2.34. The van der Waals surface area contributed by atoms with Gasteiger partial charge in [0.1, 0.15) is 6.04 Å². The predicted octanol–water partition coefficient (Wildman–Crippen LogP) is 0.334. The molecule has 0 saturated carbocycles. The fourth-order valence-corrected chi connectivity index (χ4v) is 4.70. The summed E-state index contributed by atoms with van der Waals surface area (Å²) in [5.74, 6) is -1.88. The van der Waals surface area contributed by atoms with E-state index in [2.05, 4.69) is 15.1 Å². The van der Waals surface area contributed by atoms with Crippen LogP contribution in [0.3, 0.4) is 0 Å². The van der Waals surface area contributed by atoms with Crippen LogP contribution in [0.1, 0.15) is 58.4 Å². The minimum Gasteiger partial charge on any atom is -0.330 e. The molecule has 0 aliphatic carbocycles. The molecule has 4 rings (SSSR count). The first-order valence-electron chi connectivity index (χ1n) is 11.5. The second-order valence-electron chi connectivity index (χ2n) is 8.79. The van der Waals surface area contributed by atoms with Gasteiger partial charge >= 0.3 is 0 Å². The Morgan fingerprint density at radius 2 is 1.62 bits per heavy atom. The molecular formula is C23H31N5O4. The predicted molar refractivity (Wildman–Crippen MR) is 118 cm³/mol. The largest absolute Gasteiger partial charge is 0.330 e. The van der Waals surface area contributed by atoms with Gasteiger partial charge in [-0.05, 0) is 50.0 Å². The molecule has 3 aliphatic rings. The van der Waals surface area contributed by atoms with E-state index in [1.54, 1.807) is 12.1 Å². The quantitative estimate of drug-likeness (QED) is 0.441. The van der Waals surface area contributed by atoms with Gasteiger partial charge in [0.25, 0.3) is 11.8 Å². The van der Waals surface area contributed by atoms with Crippen molar-refractivity contribution in [2.75, 3.05) is 39.3 Å². The molecule has 172 valence electrons. The molecular weight excluding hydrogens is 410 g/mol. The number of hydrogen-bond acceptors (Lipinski definition) is 7. The minimum absolute atomic E-state index is 0.119. The molecule has 1 aromatic carbocycles. The first-order chi connectivity index (χ1) is 15.5. The molecule has 1 aromatic rings. The van der Waals surface area contributed by atoms with Crippen molar-refractivity contribution in [1.29, 1.82) is 0 Å². The van der Waals surface area contributed by atoms with E-state index in [0.29, 0.717) is 17.7 Å². The third-order valence-corrected chi connectivity index (χ3v) is 6.55. The van der Waals surface area contributed by atoms with E-state index >= 15 is 0 Å². The van der Waals surface area contributed by atoms with Crippen molar-refractivity contribution in [3.05, 3.63) is 34.9 Å². The number of nitrogens with two attached hydrogens (primary N) is 1. The van der Waals surface area contributed by atoms with Gasteiger partial charge in [0.15, 0.2) is 0 Å². The van der Waals surface area contributed by atoms with Crippen molar-refractivity contribution in [3.8, 4) is 0 Å². The standard InChI is InChI=1S/C23H31N5O4/c24-8-2-1-3-9-26-10-12-27(13-11-26)15-16-4-5-17-18(14-16)23(32)28(22(17)31)19-6-7-20(29)25-21(19)30/h4-5,14,19H,1-3,6-13,15,24H2,(H,25,29,30). The van der Waals surface area contributed by atoms with Crippen molar-refractivity contribution in [3.63, 3.8) is 0 Å². The second kappa shape index (κ2) is 9.89. The second-order valence-corrected chi connectivity index (χ2v) is 8.79. The zero-order valence-electron chi connectivity index (χ0n) is 18.3. The van der Waals surface area contributed by atoms with Crippen LogP contribution in [0.2, 0.25) is 0 Å². The number of hydrogen-bond donors (Lipinski definition) is 2. The number of nitrogens with zero attached hydrogens (tertiary/aromatic N) is 3. The Balaban J connectivity index is 1.35. The number of benzene rings is 1. The smallest absolute Gasteiger partial charge is 0.262 e. The van der Waals surface area contributed by atoms with E-state index in [9.17, 15) is 19.2 Å². The number of unbranched alkanes of at least 4 members (excludes halogenated alkanes) is 2. The summed E-state index contributed by atoms with van der Waals surface area (Å²) in [7, 11) is 0. The number of rotatable bonds is 8. The van der Waals surface area contributed by atoms with Gasteiger partial charge < -0.3 is 10.6 Å². The van der Waals surface area contributed by atoms with Crippen LogP contribution >= 0.6 is 0 Å². The van der Waals surface area contributed by atoms with E-state index in [1.165, 1.54) is 12.8 Å². The highest BCUT2D eigenvalue weighted by molar-refractivity contribution is 6.23. The molecule has 9 heteroatoms. The number of fused-ring (bicyclic) bond motifs is 1. The lowest BCUT2D eigenvalue weighted by molar-refractivity contribution is -0.136.